The highest BCUT2D eigenvalue weighted by Crippen LogP contribution is 2.08. The van der Waals surface area contributed by atoms with Gasteiger partial charge < -0.3 is 10.6 Å². The molecule has 1 aromatic rings. The molecule has 1 aromatic carbocycles. The fourth-order valence-corrected chi connectivity index (χ4v) is 1.67. The molecule has 1 unspecified atom stereocenters. The summed E-state index contributed by atoms with van der Waals surface area (Å²) in [6, 6.07) is 7.65. The molecule has 1 atom stereocenters. The van der Waals surface area contributed by atoms with Gasteiger partial charge in [0.1, 0.15) is 0 Å². The number of nitrogens with one attached hydrogen (secondary N) is 2. The number of carbonyl (C=O) groups excluding carboxylic acids is 1. The number of hydrogen-bond acceptors (Lipinski definition) is 1. The van der Waals surface area contributed by atoms with Crippen molar-refractivity contribution in [2.45, 2.75) is 33.6 Å². The maximum Gasteiger partial charge on any atom is 0.319 e. The number of carbonyl (C=O) groups is 1. The van der Waals surface area contributed by atoms with Crippen molar-refractivity contribution in [1.82, 2.24) is 5.32 Å². The van der Waals surface area contributed by atoms with Crippen LogP contribution in [0.15, 0.2) is 24.3 Å². The Balaban J connectivity index is 2.32. The summed E-state index contributed by atoms with van der Waals surface area (Å²) in [5.41, 5.74) is 2.02. The molecular weight excluding hydrogens is 212 g/mol. The number of anilines is 1. The predicted octanol–water partition coefficient (Wildman–Crippen LogP) is 3.55. The van der Waals surface area contributed by atoms with E-state index >= 15 is 0 Å². The summed E-state index contributed by atoms with van der Waals surface area (Å²) in [5.74, 6) is 0.531. The number of rotatable bonds is 5. The van der Waals surface area contributed by atoms with Gasteiger partial charge in [-0.05, 0) is 31.4 Å². The summed E-state index contributed by atoms with van der Waals surface area (Å²) in [6.45, 7) is 7.06. The van der Waals surface area contributed by atoms with Crippen molar-refractivity contribution in [2.24, 2.45) is 5.92 Å². The Morgan fingerprint density at radius 3 is 2.53 bits per heavy atom. The van der Waals surface area contributed by atoms with Gasteiger partial charge in [0.15, 0.2) is 0 Å². The molecule has 0 fully saturated rings. The first kappa shape index (κ1) is 13.6. The highest BCUT2D eigenvalue weighted by atomic mass is 16.2. The summed E-state index contributed by atoms with van der Waals surface area (Å²) in [6.07, 6.45) is 2.30. The zero-order valence-corrected chi connectivity index (χ0v) is 10.9. The van der Waals surface area contributed by atoms with Gasteiger partial charge in [0, 0.05) is 12.2 Å². The van der Waals surface area contributed by atoms with Crippen LogP contribution in [-0.2, 0) is 0 Å². The highest BCUT2D eigenvalue weighted by Gasteiger charge is 2.04. The fraction of sp³-hybridized carbons (Fsp3) is 0.500. The maximum atomic E-state index is 11.6. The summed E-state index contributed by atoms with van der Waals surface area (Å²) in [5, 5.41) is 5.70. The molecule has 0 aliphatic heterocycles. The number of amides is 2. The van der Waals surface area contributed by atoms with E-state index in [1.807, 2.05) is 31.2 Å². The number of aryl methyl sites for hydroxylation is 1. The monoisotopic (exact) mass is 234 g/mol. The van der Waals surface area contributed by atoms with E-state index in [2.05, 4.69) is 24.5 Å². The minimum absolute atomic E-state index is 0.128. The third kappa shape index (κ3) is 5.38. The molecular formula is C14H22N2O. The first-order valence-electron chi connectivity index (χ1n) is 6.23. The van der Waals surface area contributed by atoms with Gasteiger partial charge in [0.25, 0.3) is 0 Å². The van der Waals surface area contributed by atoms with E-state index in [4.69, 9.17) is 0 Å². The minimum Gasteiger partial charge on any atom is -0.338 e. The molecule has 0 bridgehead atoms. The number of urea groups is 1. The summed E-state index contributed by atoms with van der Waals surface area (Å²) in [7, 11) is 0. The van der Waals surface area contributed by atoms with E-state index in [-0.39, 0.29) is 6.03 Å². The standard InChI is InChI=1S/C14H22N2O/c1-4-5-12(3)10-15-14(17)16-13-8-6-11(2)7-9-13/h6-9,12H,4-5,10H2,1-3H3,(H2,15,16,17). The van der Waals surface area contributed by atoms with Crippen LogP contribution in [0.5, 0.6) is 0 Å². The SMILES string of the molecule is CCCC(C)CNC(=O)Nc1ccc(C)cc1. The lowest BCUT2D eigenvalue weighted by molar-refractivity contribution is 0.250. The molecule has 0 aliphatic carbocycles. The van der Waals surface area contributed by atoms with Gasteiger partial charge in [-0.2, -0.15) is 0 Å². The Morgan fingerprint density at radius 2 is 1.94 bits per heavy atom. The van der Waals surface area contributed by atoms with Gasteiger partial charge in [-0.1, -0.05) is 38.0 Å². The second kappa shape index (κ2) is 6.94. The Hall–Kier alpha value is -1.51. The van der Waals surface area contributed by atoms with Gasteiger partial charge in [-0.15, -0.1) is 0 Å². The van der Waals surface area contributed by atoms with Crippen molar-refractivity contribution in [3.05, 3.63) is 29.8 Å². The molecule has 94 valence electrons. The number of benzene rings is 1. The molecule has 0 aliphatic rings. The van der Waals surface area contributed by atoms with E-state index < -0.39 is 0 Å². The lowest BCUT2D eigenvalue weighted by Gasteiger charge is -2.12. The van der Waals surface area contributed by atoms with Crippen LogP contribution in [0, 0.1) is 12.8 Å². The van der Waals surface area contributed by atoms with Crippen molar-refractivity contribution in [2.75, 3.05) is 11.9 Å². The summed E-state index contributed by atoms with van der Waals surface area (Å²) < 4.78 is 0. The van der Waals surface area contributed by atoms with Crippen LogP contribution in [0.1, 0.15) is 32.3 Å². The summed E-state index contributed by atoms with van der Waals surface area (Å²) in [4.78, 5) is 11.6. The van der Waals surface area contributed by atoms with Gasteiger partial charge in [0.05, 0.1) is 0 Å². The smallest absolute Gasteiger partial charge is 0.319 e. The summed E-state index contributed by atoms with van der Waals surface area (Å²) >= 11 is 0. The molecule has 17 heavy (non-hydrogen) atoms. The van der Waals surface area contributed by atoms with Crippen molar-refractivity contribution in [3.8, 4) is 0 Å². The van der Waals surface area contributed by atoms with E-state index in [1.54, 1.807) is 0 Å². The zero-order chi connectivity index (χ0) is 12.7. The minimum atomic E-state index is -0.128. The van der Waals surface area contributed by atoms with Crippen LogP contribution in [0.3, 0.4) is 0 Å². The Bertz CT molecular complexity index is 346. The molecule has 2 N–H and O–H groups in total. The van der Waals surface area contributed by atoms with Crippen molar-refractivity contribution < 1.29 is 4.79 Å². The average Bonchev–Trinajstić information content (AvgIpc) is 2.30. The van der Waals surface area contributed by atoms with Crippen LogP contribution >= 0.6 is 0 Å². The Labute approximate surface area is 104 Å². The van der Waals surface area contributed by atoms with Gasteiger partial charge in [-0.3, -0.25) is 0 Å². The third-order valence-corrected chi connectivity index (χ3v) is 2.70. The van der Waals surface area contributed by atoms with E-state index in [0.29, 0.717) is 5.92 Å². The van der Waals surface area contributed by atoms with Gasteiger partial charge in [-0.25, -0.2) is 4.79 Å². The largest absolute Gasteiger partial charge is 0.338 e. The zero-order valence-electron chi connectivity index (χ0n) is 10.9. The lowest BCUT2D eigenvalue weighted by atomic mass is 10.1. The van der Waals surface area contributed by atoms with Crippen LogP contribution in [-0.4, -0.2) is 12.6 Å². The highest BCUT2D eigenvalue weighted by molar-refractivity contribution is 5.89. The first-order chi connectivity index (χ1) is 8.11. The molecule has 0 saturated heterocycles. The van der Waals surface area contributed by atoms with Crippen molar-refractivity contribution >= 4 is 11.7 Å². The van der Waals surface area contributed by atoms with Crippen LogP contribution in [0.25, 0.3) is 0 Å². The predicted molar refractivity (Wildman–Crippen MR) is 72.3 cm³/mol. The molecule has 0 radical (unpaired) electrons. The number of hydrogen-bond donors (Lipinski definition) is 2. The maximum absolute atomic E-state index is 11.6. The Morgan fingerprint density at radius 1 is 1.29 bits per heavy atom. The average molecular weight is 234 g/mol. The normalized spacial score (nSPS) is 11.9. The topological polar surface area (TPSA) is 41.1 Å². The first-order valence-corrected chi connectivity index (χ1v) is 6.23. The molecule has 2 amide bonds. The molecule has 0 aromatic heterocycles. The van der Waals surface area contributed by atoms with Crippen molar-refractivity contribution in [1.29, 1.82) is 0 Å². The van der Waals surface area contributed by atoms with Crippen LogP contribution < -0.4 is 10.6 Å². The van der Waals surface area contributed by atoms with E-state index in [0.717, 1.165) is 25.1 Å². The molecule has 0 heterocycles. The fourth-order valence-electron chi connectivity index (χ4n) is 1.67. The quantitative estimate of drug-likeness (QED) is 0.803. The third-order valence-electron chi connectivity index (χ3n) is 2.70. The molecule has 0 spiro atoms. The van der Waals surface area contributed by atoms with E-state index in [9.17, 15) is 4.79 Å². The molecule has 3 nitrogen and oxygen atoms in total. The lowest BCUT2D eigenvalue weighted by Crippen LogP contribution is -2.32. The molecule has 1 rings (SSSR count). The second-order valence-electron chi connectivity index (χ2n) is 4.59. The second-order valence-corrected chi connectivity index (χ2v) is 4.59. The van der Waals surface area contributed by atoms with E-state index in [1.165, 1.54) is 5.56 Å². The van der Waals surface area contributed by atoms with Crippen LogP contribution in [0.2, 0.25) is 0 Å². The van der Waals surface area contributed by atoms with Crippen molar-refractivity contribution in [3.63, 3.8) is 0 Å². The molecule has 0 saturated carbocycles. The molecule has 3 heteroatoms. The Kier molecular flexibility index (Phi) is 5.53. The van der Waals surface area contributed by atoms with Crippen LogP contribution in [0.4, 0.5) is 10.5 Å². The van der Waals surface area contributed by atoms with Gasteiger partial charge in [0.2, 0.25) is 0 Å². The van der Waals surface area contributed by atoms with Gasteiger partial charge >= 0.3 is 6.03 Å².